The molecule has 1 saturated heterocycles. The lowest BCUT2D eigenvalue weighted by Gasteiger charge is -2.44. The molecule has 0 aliphatic carbocycles. The minimum Gasteiger partial charge on any atom is -0.463 e. The predicted octanol–water partition coefficient (Wildman–Crippen LogP) is 2.94. The maximum atomic E-state index is 12.0. The molecule has 0 saturated carbocycles. The Labute approximate surface area is 241 Å². The van der Waals surface area contributed by atoms with Crippen LogP contribution in [0.5, 0.6) is 0 Å². The van der Waals surface area contributed by atoms with Crippen molar-refractivity contribution in [2.75, 3.05) is 11.9 Å². The van der Waals surface area contributed by atoms with E-state index in [-0.39, 0.29) is 11.7 Å². The number of hydrogen-bond donors (Lipinski definition) is 2. The molecule has 0 spiro atoms. The Morgan fingerprint density at radius 2 is 1.54 bits per heavy atom. The average Bonchev–Trinajstić information content (AvgIpc) is 3.29. The van der Waals surface area contributed by atoms with Crippen molar-refractivity contribution in [3.63, 3.8) is 0 Å². The van der Waals surface area contributed by atoms with Crippen molar-refractivity contribution in [2.45, 2.75) is 58.3 Å². The summed E-state index contributed by atoms with van der Waals surface area (Å²) in [5.41, 5.74) is 1.63. The molecule has 0 unspecified atom stereocenters. The van der Waals surface area contributed by atoms with Crippen LogP contribution in [0, 0.1) is 0 Å². The Hall–Kier alpha value is -3.14. The lowest BCUT2D eigenvalue weighted by atomic mass is 9.97. The van der Waals surface area contributed by atoms with Crippen molar-refractivity contribution in [1.29, 1.82) is 0 Å². The molecule has 1 aliphatic heterocycles. The van der Waals surface area contributed by atoms with Gasteiger partial charge in [0, 0.05) is 43.1 Å². The van der Waals surface area contributed by atoms with E-state index in [0.29, 0.717) is 5.13 Å². The van der Waals surface area contributed by atoms with E-state index in [0.717, 1.165) is 36.5 Å². The molecule has 12 nitrogen and oxygen atoms in total. The number of halogens is 1. The summed E-state index contributed by atoms with van der Waals surface area (Å²) in [4.78, 5) is 51.8. The molecule has 1 aromatic carbocycles. The Kier molecular flexibility index (Phi) is 10.7. The van der Waals surface area contributed by atoms with Crippen LogP contribution in [0.15, 0.2) is 34.1 Å². The van der Waals surface area contributed by atoms with E-state index in [1.807, 2.05) is 29.6 Å². The monoisotopic (exact) mass is 643 g/mol. The van der Waals surface area contributed by atoms with Gasteiger partial charge in [-0.25, -0.2) is 4.98 Å². The number of nitrogens with one attached hydrogen (secondary N) is 2. The van der Waals surface area contributed by atoms with Crippen LogP contribution < -0.4 is 10.6 Å². The summed E-state index contributed by atoms with van der Waals surface area (Å²) in [7, 11) is 0. The molecule has 5 atom stereocenters. The van der Waals surface area contributed by atoms with Gasteiger partial charge in [-0.1, -0.05) is 28.1 Å². The SMILES string of the molecule is CC(=O)OC[C@H]1O[C@@H](NC(=S)Nc2nc(-c3ccc(Br)cc3)cs2)[C@H](OC(C)=O)[C@@H](OC(C)=O)[C@@H]1OC(C)=O. The number of anilines is 1. The van der Waals surface area contributed by atoms with Crippen molar-refractivity contribution in [1.82, 2.24) is 10.3 Å². The molecule has 39 heavy (non-hydrogen) atoms. The Bertz CT molecular complexity index is 1220. The topological polar surface area (TPSA) is 151 Å². The number of esters is 4. The summed E-state index contributed by atoms with van der Waals surface area (Å²) in [5, 5.41) is 8.20. The number of rotatable bonds is 8. The van der Waals surface area contributed by atoms with Gasteiger partial charge in [-0.05, 0) is 24.4 Å². The number of benzene rings is 1. The Morgan fingerprint density at radius 1 is 0.949 bits per heavy atom. The quantitative estimate of drug-likeness (QED) is 0.246. The fourth-order valence-corrected chi connectivity index (χ4v) is 4.96. The fraction of sp³-hybridized carbons (Fsp3) is 0.417. The van der Waals surface area contributed by atoms with Crippen molar-refractivity contribution in [3.05, 3.63) is 34.1 Å². The van der Waals surface area contributed by atoms with Gasteiger partial charge in [-0.3, -0.25) is 19.2 Å². The van der Waals surface area contributed by atoms with Crippen molar-refractivity contribution < 1.29 is 42.9 Å². The normalized spacial score (nSPS) is 22.2. The second kappa shape index (κ2) is 13.8. The summed E-state index contributed by atoms with van der Waals surface area (Å²) in [5.74, 6) is -2.78. The second-order valence-electron chi connectivity index (χ2n) is 8.26. The predicted molar refractivity (Wildman–Crippen MR) is 147 cm³/mol. The van der Waals surface area contributed by atoms with Crippen LogP contribution in [0.4, 0.5) is 5.13 Å². The highest BCUT2D eigenvalue weighted by Gasteiger charge is 2.52. The number of carbonyl (C=O) groups excluding carboxylic acids is 4. The van der Waals surface area contributed by atoms with E-state index in [9.17, 15) is 19.2 Å². The molecule has 1 aliphatic rings. The third kappa shape index (κ3) is 8.95. The van der Waals surface area contributed by atoms with Crippen LogP contribution in [0.25, 0.3) is 11.3 Å². The van der Waals surface area contributed by atoms with E-state index >= 15 is 0 Å². The molecule has 2 N–H and O–H groups in total. The maximum Gasteiger partial charge on any atom is 0.303 e. The van der Waals surface area contributed by atoms with Gasteiger partial charge in [0.05, 0.1) is 5.69 Å². The average molecular weight is 645 g/mol. The first-order valence-corrected chi connectivity index (χ1v) is 13.6. The molecule has 2 heterocycles. The number of thiazole rings is 1. The van der Waals surface area contributed by atoms with Gasteiger partial charge >= 0.3 is 23.9 Å². The first-order valence-electron chi connectivity index (χ1n) is 11.5. The zero-order chi connectivity index (χ0) is 28.7. The van der Waals surface area contributed by atoms with Gasteiger partial charge in [0.25, 0.3) is 0 Å². The van der Waals surface area contributed by atoms with E-state index in [1.165, 1.54) is 18.3 Å². The summed E-state index contributed by atoms with van der Waals surface area (Å²) >= 11 is 10.1. The van der Waals surface area contributed by atoms with Crippen LogP contribution in [-0.4, -0.2) is 71.2 Å². The molecular formula is C24H26BrN3O9S2. The van der Waals surface area contributed by atoms with Crippen molar-refractivity contribution in [2.24, 2.45) is 0 Å². The molecule has 1 aromatic heterocycles. The van der Waals surface area contributed by atoms with E-state index in [4.69, 9.17) is 35.9 Å². The van der Waals surface area contributed by atoms with E-state index < -0.39 is 54.5 Å². The molecule has 210 valence electrons. The molecule has 2 aromatic rings. The smallest absolute Gasteiger partial charge is 0.303 e. The highest BCUT2D eigenvalue weighted by atomic mass is 79.9. The molecule has 0 amide bonds. The van der Waals surface area contributed by atoms with Crippen LogP contribution in [0.3, 0.4) is 0 Å². The third-order valence-electron chi connectivity index (χ3n) is 5.13. The first-order chi connectivity index (χ1) is 18.4. The number of thiocarbonyl (C=S) groups is 1. The van der Waals surface area contributed by atoms with Gasteiger partial charge in [0.1, 0.15) is 12.7 Å². The number of hydrogen-bond acceptors (Lipinski definition) is 12. The molecule has 3 rings (SSSR count). The van der Waals surface area contributed by atoms with E-state index in [1.54, 1.807) is 0 Å². The Morgan fingerprint density at radius 3 is 2.13 bits per heavy atom. The number of ether oxygens (including phenoxy) is 5. The van der Waals surface area contributed by atoms with Crippen LogP contribution >= 0.6 is 39.5 Å². The molecule has 15 heteroatoms. The van der Waals surface area contributed by atoms with Gasteiger partial charge in [0.15, 0.2) is 34.8 Å². The highest BCUT2D eigenvalue weighted by molar-refractivity contribution is 9.10. The standard InChI is InChI=1S/C24H26BrN3O9S2/c1-11(29)33-9-18-19(34-12(2)30)20(35-13(3)31)21(36-14(4)32)22(37-18)27-23(38)28-24-26-17(10-39-24)15-5-7-16(25)8-6-15/h5-8,10,18-22H,9H2,1-4H3,(H2,26,27,28,38)/t18-,19-,20+,21-,22-/m1/s1. The van der Waals surface area contributed by atoms with Gasteiger partial charge < -0.3 is 34.3 Å². The van der Waals surface area contributed by atoms with Gasteiger partial charge in [0.2, 0.25) is 0 Å². The number of carbonyl (C=O) groups is 4. The zero-order valence-electron chi connectivity index (χ0n) is 21.3. The highest BCUT2D eigenvalue weighted by Crippen LogP contribution is 2.29. The minimum atomic E-state index is -1.31. The van der Waals surface area contributed by atoms with E-state index in [2.05, 4.69) is 31.5 Å². The molecule has 0 radical (unpaired) electrons. The third-order valence-corrected chi connectivity index (χ3v) is 6.64. The summed E-state index contributed by atoms with van der Waals surface area (Å²) in [6.07, 6.45) is -6.16. The number of nitrogens with zero attached hydrogens (tertiary/aromatic N) is 1. The summed E-state index contributed by atoms with van der Waals surface area (Å²) < 4.78 is 28.2. The van der Waals surface area contributed by atoms with Gasteiger partial charge in [-0.2, -0.15) is 0 Å². The lowest BCUT2D eigenvalue weighted by Crippen LogP contribution is -2.66. The fourth-order valence-electron chi connectivity index (χ4n) is 3.69. The summed E-state index contributed by atoms with van der Waals surface area (Å²) in [6.45, 7) is 4.30. The van der Waals surface area contributed by atoms with Crippen LogP contribution in [0.2, 0.25) is 0 Å². The number of aromatic nitrogens is 1. The van der Waals surface area contributed by atoms with Crippen LogP contribution in [-0.2, 0) is 42.9 Å². The van der Waals surface area contributed by atoms with Gasteiger partial charge in [-0.15, -0.1) is 11.3 Å². The van der Waals surface area contributed by atoms with Crippen molar-refractivity contribution in [3.8, 4) is 11.3 Å². The lowest BCUT2D eigenvalue weighted by molar-refractivity contribution is -0.254. The molecule has 0 bridgehead atoms. The second-order valence-corrected chi connectivity index (χ2v) is 10.4. The largest absolute Gasteiger partial charge is 0.463 e. The minimum absolute atomic E-state index is 0.0487. The maximum absolute atomic E-state index is 12.0. The zero-order valence-corrected chi connectivity index (χ0v) is 24.5. The molecular weight excluding hydrogens is 618 g/mol. The summed E-state index contributed by atoms with van der Waals surface area (Å²) in [6, 6.07) is 7.63. The Balaban J connectivity index is 1.83. The molecule has 1 fully saturated rings. The van der Waals surface area contributed by atoms with Crippen molar-refractivity contribution >= 4 is 73.6 Å². The van der Waals surface area contributed by atoms with Crippen LogP contribution in [0.1, 0.15) is 27.7 Å². The first kappa shape index (κ1) is 30.4.